The number of nitrogens with zero attached hydrogens (tertiary/aromatic N) is 3. The summed E-state index contributed by atoms with van der Waals surface area (Å²) >= 11 is 1.65. The van der Waals surface area contributed by atoms with Gasteiger partial charge in [-0.2, -0.15) is 4.99 Å². The molecule has 2 amide bonds. The number of aromatic nitrogens is 1. The minimum Gasteiger partial charge on any atom is -0.356 e. The van der Waals surface area contributed by atoms with Crippen molar-refractivity contribution in [2.75, 3.05) is 6.54 Å². The molecule has 0 bridgehead atoms. The van der Waals surface area contributed by atoms with E-state index in [0.29, 0.717) is 18.8 Å². The van der Waals surface area contributed by atoms with E-state index < -0.39 is 5.54 Å². The van der Waals surface area contributed by atoms with Crippen LogP contribution in [0.4, 0.5) is 0 Å². The molecule has 1 atom stereocenters. The number of hydrogen-bond donors (Lipinski definition) is 1. The molecule has 3 rings (SSSR count). The number of amides is 2. The minimum absolute atomic E-state index is 0.0763. The lowest BCUT2D eigenvalue weighted by atomic mass is 9.95. The summed E-state index contributed by atoms with van der Waals surface area (Å²) in [4.78, 5) is 36.0. The van der Waals surface area contributed by atoms with Crippen molar-refractivity contribution >= 4 is 29.0 Å². The number of carbonyl (C=O) groups excluding carboxylic acids is 2. The van der Waals surface area contributed by atoms with Gasteiger partial charge in [-0.25, -0.2) is 4.98 Å². The molecule has 1 unspecified atom stereocenters. The van der Waals surface area contributed by atoms with E-state index in [0.717, 1.165) is 10.7 Å². The summed E-state index contributed by atoms with van der Waals surface area (Å²) < 4.78 is 0. The zero-order chi connectivity index (χ0) is 17.3. The Bertz CT molecular complexity index is 758. The largest absolute Gasteiger partial charge is 0.356 e. The highest BCUT2D eigenvalue weighted by Gasteiger charge is 2.46. The van der Waals surface area contributed by atoms with Crippen molar-refractivity contribution in [2.24, 2.45) is 4.99 Å². The van der Waals surface area contributed by atoms with Gasteiger partial charge in [-0.3, -0.25) is 9.59 Å². The highest BCUT2D eigenvalue weighted by Crippen LogP contribution is 2.30. The average molecular weight is 344 g/mol. The number of allylic oxidation sites excluding steroid dienone is 2. The second-order valence-electron chi connectivity index (χ2n) is 6.15. The van der Waals surface area contributed by atoms with E-state index in [2.05, 4.69) is 15.3 Å². The Hall–Kier alpha value is -2.28. The SMILES string of the molecule is Cc1nc(CCNC(=O)CC2(C)C(=O)N=C3C=CC=CN32)sc1C. The van der Waals surface area contributed by atoms with Gasteiger partial charge in [0.1, 0.15) is 11.4 Å². The highest BCUT2D eigenvalue weighted by atomic mass is 32.1. The topological polar surface area (TPSA) is 74.7 Å². The average Bonchev–Trinajstić information content (AvgIpc) is 2.97. The van der Waals surface area contributed by atoms with Crippen LogP contribution in [0.5, 0.6) is 0 Å². The summed E-state index contributed by atoms with van der Waals surface area (Å²) in [6, 6.07) is 0. The van der Waals surface area contributed by atoms with Crippen LogP contribution in [0, 0.1) is 13.8 Å². The molecule has 0 spiro atoms. The Morgan fingerprint density at radius 2 is 2.17 bits per heavy atom. The molecule has 1 N–H and O–H groups in total. The third-order valence-electron chi connectivity index (χ3n) is 4.29. The number of thiazole rings is 1. The lowest BCUT2D eigenvalue weighted by molar-refractivity contribution is -0.131. The summed E-state index contributed by atoms with van der Waals surface area (Å²) in [5, 5.41) is 3.90. The van der Waals surface area contributed by atoms with Gasteiger partial charge in [0.2, 0.25) is 5.91 Å². The molecule has 126 valence electrons. The predicted octanol–water partition coefficient (Wildman–Crippen LogP) is 1.89. The molecule has 2 aliphatic rings. The second kappa shape index (κ2) is 6.32. The molecular formula is C17H20N4O2S. The maximum atomic E-state index is 12.3. The van der Waals surface area contributed by atoms with Crippen LogP contribution in [0.2, 0.25) is 0 Å². The van der Waals surface area contributed by atoms with Crippen LogP contribution in [0.1, 0.15) is 28.9 Å². The van der Waals surface area contributed by atoms with Crippen LogP contribution in [0.3, 0.4) is 0 Å². The number of fused-ring (bicyclic) bond motifs is 1. The first-order chi connectivity index (χ1) is 11.4. The van der Waals surface area contributed by atoms with Gasteiger partial charge in [0.25, 0.3) is 5.91 Å². The quantitative estimate of drug-likeness (QED) is 0.885. The van der Waals surface area contributed by atoms with Gasteiger partial charge >= 0.3 is 0 Å². The van der Waals surface area contributed by atoms with Gasteiger partial charge in [0.15, 0.2) is 0 Å². The van der Waals surface area contributed by atoms with E-state index in [1.54, 1.807) is 35.4 Å². The monoisotopic (exact) mass is 344 g/mol. The molecule has 3 heterocycles. The first-order valence-corrected chi connectivity index (χ1v) is 8.69. The molecule has 24 heavy (non-hydrogen) atoms. The van der Waals surface area contributed by atoms with Crippen molar-refractivity contribution in [2.45, 2.75) is 39.2 Å². The minimum atomic E-state index is -0.949. The van der Waals surface area contributed by atoms with Crippen molar-refractivity contribution in [3.05, 3.63) is 40.0 Å². The van der Waals surface area contributed by atoms with E-state index in [1.165, 1.54) is 4.88 Å². The molecule has 7 heteroatoms. The number of aryl methyl sites for hydroxylation is 2. The number of nitrogens with one attached hydrogen (secondary N) is 1. The molecule has 0 saturated carbocycles. The summed E-state index contributed by atoms with van der Waals surface area (Å²) in [6.45, 7) is 6.29. The van der Waals surface area contributed by atoms with Crippen molar-refractivity contribution < 1.29 is 9.59 Å². The first kappa shape index (κ1) is 16.6. The Labute approximate surface area is 145 Å². The van der Waals surface area contributed by atoms with Crippen LogP contribution < -0.4 is 5.32 Å². The molecule has 0 radical (unpaired) electrons. The fourth-order valence-corrected chi connectivity index (χ4v) is 3.69. The summed E-state index contributed by atoms with van der Waals surface area (Å²) in [5.74, 6) is 0.150. The lowest BCUT2D eigenvalue weighted by Crippen LogP contribution is -2.49. The van der Waals surface area contributed by atoms with Crippen molar-refractivity contribution in [3.8, 4) is 0 Å². The van der Waals surface area contributed by atoms with E-state index in [-0.39, 0.29) is 18.2 Å². The smallest absolute Gasteiger partial charge is 0.274 e. The Morgan fingerprint density at radius 1 is 1.38 bits per heavy atom. The number of carbonyl (C=O) groups is 2. The zero-order valence-electron chi connectivity index (χ0n) is 14.0. The summed E-state index contributed by atoms with van der Waals surface area (Å²) in [6.07, 6.45) is 8.00. The number of amidine groups is 1. The molecule has 1 aromatic heterocycles. The van der Waals surface area contributed by atoms with Gasteiger partial charge < -0.3 is 10.2 Å². The van der Waals surface area contributed by atoms with E-state index in [1.807, 2.05) is 26.0 Å². The number of hydrogen-bond acceptors (Lipinski definition) is 5. The molecule has 0 aliphatic carbocycles. The van der Waals surface area contributed by atoms with Crippen LogP contribution in [-0.4, -0.2) is 39.6 Å². The first-order valence-electron chi connectivity index (χ1n) is 7.87. The van der Waals surface area contributed by atoms with Crippen LogP contribution >= 0.6 is 11.3 Å². The lowest BCUT2D eigenvalue weighted by Gasteiger charge is -2.32. The van der Waals surface area contributed by atoms with Crippen LogP contribution in [0.25, 0.3) is 0 Å². The number of aliphatic imine (C=N–C) groups is 1. The van der Waals surface area contributed by atoms with Gasteiger partial charge in [0, 0.05) is 24.0 Å². The predicted molar refractivity (Wildman–Crippen MR) is 93.9 cm³/mol. The summed E-state index contributed by atoms with van der Waals surface area (Å²) in [7, 11) is 0. The molecule has 1 aromatic rings. The normalized spacial score (nSPS) is 21.9. The third-order valence-corrected chi connectivity index (χ3v) is 5.42. The standard InChI is InChI=1S/C17H20N4O2S/c1-11-12(2)24-15(19-11)7-8-18-14(22)10-17(3)16(23)20-13-6-4-5-9-21(13)17/h4-6,9H,7-8,10H2,1-3H3,(H,18,22). The van der Waals surface area contributed by atoms with Crippen LogP contribution in [0.15, 0.2) is 29.4 Å². The van der Waals surface area contributed by atoms with Crippen molar-refractivity contribution in [1.29, 1.82) is 0 Å². The van der Waals surface area contributed by atoms with Gasteiger partial charge in [-0.1, -0.05) is 6.08 Å². The molecule has 2 aliphatic heterocycles. The molecule has 6 nitrogen and oxygen atoms in total. The van der Waals surface area contributed by atoms with Crippen LogP contribution in [-0.2, 0) is 16.0 Å². The van der Waals surface area contributed by atoms with Crippen molar-refractivity contribution in [1.82, 2.24) is 15.2 Å². The van der Waals surface area contributed by atoms with Gasteiger partial charge in [-0.15, -0.1) is 11.3 Å². The fraction of sp³-hybridized carbons (Fsp3) is 0.412. The zero-order valence-corrected chi connectivity index (χ0v) is 14.8. The maximum Gasteiger partial charge on any atom is 0.274 e. The van der Waals surface area contributed by atoms with E-state index >= 15 is 0 Å². The second-order valence-corrected chi connectivity index (χ2v) is 7.43. The third kappa shape index (κ3) is 3.03. The molecule has 0 aromatic carbocycles. The molecule has 0 saturated heterocycles. The van der Waals surface area contributed by atoms with Crippen molar-refractivity contribution in [3.63, 3.8) is 0 Å². The highest BCUT2D eigenvalue weighted by molar-refractivity contribution is 7.11. The van der Waals surface area contributed by atoms with Gasteiger partial charge in [-0.05, 0) is 32.9 Å². The van der Waals surface area contributed by atoms with E-state index in [9.17, 15) is 9.59 Å². The Morgan fingerprint density at radius 3 is 2.88 bits per heavy atom. The Balaban J connectivity index is 1.56. The molecular weight excluding hydrogens is 324 g/mol. The maximum absolute atomic E-state index is 12.3. The van der Waals surface area contributed by atoms with E-state index in [4.69, 9.17) is 0 Å². The van der Waals surface area contributed by atoms with Gasteiger partial charge in [0.05, 0.1) is 17.1 Å². The fourth-order valence-electron chi connectivity index (χ4n) is 2.76. The summed E-state index contributed by atoms with van der Waals surface area (Å²) in [5.41, 5.74) is 0.0923. The Kier molecular flexibility index (Phi) is 4.36. The molecule has 0 fully saturated rings. The number of rotatable bonds is 5.